The molecule has 0 spiro atoms. The van der Waals surface area contributed by atoms with E-state index >= 15 is 0 Å². The van der Waals surface area contributed by atoms with Crippen molar-refractivity contribution in [3.05, 3.63) is 35.4 Å². The van der Waals surface area contributed by atoms with Crippen molar-refractivity contribution in [3.8, 4) is 0 Å². The van der Waals surface area contributed by atoms with Crippen molar-refractivity contribution in [3.63, 3.8) is 0 Å². The van der Waals surface area contributed by atoms with Crippen LogP contribution in [0.2, 0.25) is 0 Å². The first-order chi connectivity index (χ1) is 7.97. The normalized spacial score (nSPS) is 12.1. The lowest BCUT2D eigenvalue weighted by Crippen LogP contribution is -2.33. The molecule has 2 heteroatoms. The molecule has 0 bridgehead atoms. The molecule has 0 saturated heterocycles. The minimum Gasteiger partial charge on any atom is -0.315 e. The van der Waals surface area contributed by atoms with Crippen LogP contribution in [0.1, 0.15) is 44.7 Å². The maximum absolute atomic E-state index is 5.67. The van der Waals surface area contributed by atoms with E-state index in [1.807, 2.05) is 0 Å². The standard InChI is InChI=1S/C15H24ClN/c1-12(2)13-5-7-14(8-6-13)15(3,4)11-17-10-9-16/h5-8,12,17H,9-11H2,1-4H3. The summed E-state index contributed by atoms with van der Waals surface area (Å²) in [6, 6.07) is 8.97. The first-order valence-electron chi connectivity index (χ1n) is 6.34. The fraction of sp³-hybridized carbons (Fsp3) is 0.600. The van der Waals surface area contributed by atoms with Crippen LogP contribution in [-0.2, 0) is 5.41 Å². The number of alkyl halides is 1. The Bertz CT molecular complexity index is 327. The highest BCUT2D eigenvalue weighted by Crippen LogP contribution is 2.24. The van der Waals surface area contributed by atoms with Gasteiger partial charge in [-0.2, -0.15) is 0 Å². The van der Waals surface area contributed by atoms with Gasteiger partial charge in [-0.25, -0.2) is 0 Å². The summed E-state index contributed by atoms with van der Waals surface area (Å²) >= 11 is 5.67. The lowest BCUT2D eigenvalue weighted by Gasteiger charge is -2.26. The smallest absolute Gasteiger partial charge is 0.0348 e. The lowest BCUT2D eigenvalue weighted by atomic mass is 9.83. The highest BCUT2D eigenvalue weighted by atomic mass is 35.5. The Balaban J connectivity index is 2.70. The summed E-state index contributed by atoms with van der Waals surface area (Å²) in [6.07, 6.45) is 0. The molecule has 17 heavy (non-hydrogen) atoms. The maximum Gasteiger partial charge on any atom is 0.0348 e. The second-order valence-corrected chi connectivity index (χ2v) is 5.90. The molecule has 96 valence electrons. The topological polar surface area (TPSA) is 12.0 Å². The minimum absolute atomic E-state index is 0.154. The molecule has 0 radical (unpaired) electrons. The van der Waals surface area contributed by atoms with Crippen molar-refractivity contribution in [2.45, 2.75) is 39.0 Å². The van der Waals surface area contributed by atoms with Crippen molar-refractivity contribution in [1.82, 2.24) is 5.32 Å². The zero-order chi connectivity index (χ0) is 12.9. The molecular weight excluding hydrogens is 230 g/mol. The predicted octanol–water partition coefficient (Wildman–Crippen LogP) is 3.92. The van der Waals surface area contributed by atoms with Gasteiger partial charge in [-0.3, -0.25) is 0 Å². The van der Waals surface area contributed by atoms with Gasteiger partial charge in [0, 0.05) is 24.4 Å². The average Bonchev–Trinajstić information content (AvgIpc) is 2.29. The highest BCUT2D eigenvalue weighted by Gasteiger charge is 2.19. The SMILES string of the molecule is CC(C)c1ccc(C(C)(C)CNCCCl)cc1. The third-order valence-corrected chi connectivity index (χ3v) is 3.39. The van der Waals surface area contributed by atoms with Crippen LogP contribution in [0.4, 0.5) is 0 Å². The molecular formula is C15H24ClN. The van der Waals surface area contributed by atoms with E-state index in [0.29, 0.717) is 11.8 Å². The van der Waals surface area contributed by atoms with Gasteiger partial charge in [-0.1, -0.05) is 52.0 Å². The molecule has 0 aliphatic heterocycles. The summed E-state index contributed by atoms with van der Waals surface area (Å²) in [5, 5.41) is 3.38. The van der Waals surface area contributed by atoms with Crippen LogP contribution in [0.3, 0.4) is 0 Å². The van der Waals surface area contributed by atoms with Gasteiger partial charge in [0.2, 0.25) is 0 Å². The highest BCUT2D eigenvalue weighted by molar-refractivity contribution is 6.18. The molecule has 1 rings (SSSR count). The second kappa shape index (κ2) is 6.42. The van der Waals surface area contributed by atoms with Crippen molar-refractivity contribution in [2.24, 2.45) is 0 Å². The monoisotopic (exact) mass is 253 g/mol. The molecule has 0 aliphatic rings. The molecule has 0 amide bonds. The molecule has 1 N–H and O–H groups in total. The molecule has 1 aromatic carbocycles. The Kier molecular flexibility index (Phi) is 5.48. The molecule has 0 aliphatic carbocycles. The minimum atomic E-state index is 0.154. The van der Waals surface area contributed by atoms with E-state index in [1.54, 1.807) is 0 Å². The fourth-order valence-electron chi connectivity index (χ4n) is 1.89. The largest absolute Gasteiger partial charge is 0.315 e. The average molecular weight is 254 g/mol. The predicted molar refractivity (Wildman–Crippen MR) is 77.1 cm³/mol. The molecule has 0 unspecified atom stereocenters. The number of halogens is 1. The number of hydrogen-bond donors (Lipinski definition) is 1. The fourth-order valence-corrected chi connectivity index (χ4v) is 2.02. The molecule has 0 fully saturated rings. The number of rotatable bonds is 6. The van der Waals surface area contributed by atoms with Crippen LogP contribution in [-0.4, -0.2) is 19.0 Å². The third kappa shape index (κ3) is 4.33. The third-order valence-electron chi connectivity index (χ3n) is 3.20. The molecule has 0 aromatic heterocycles. The van der Waals surface area contributed by atoms with Crippen LogP contribution < -0.4 is 5.32 Å². The van der Waals surface area contributed by atoms with Gasteiger partial charge in [0.05, 0.1) is 0 Å². The summed E-state index contributed by atoms with van der Waals surface area (Å²) in [6.45, 7) is 10.8. The van der Waals surface area contributed by atoms with Crippen LogP contribution in [0.15, 0.2) is 24.3 Å². The van der Waals surface area contributed by atoms with Crippen molar-refractivity contribution < 1.29 is 0 Å². The van der Waals surface area contributed by atoms with E-state index in [9.17, 15) is 0 Å². The van der Waals surface area contributed by atoms with E-state index in [0.717, 1.165) is 13.1 Å². The van der Waals surface area contributed by atoms with E-state index in [4.69, 9.17) is 11.6 Å². The first-order valence-corrected chi connectivity index (χ1v) is 6.88. The zero-order valence-electron chi connectivity index (χ0n) is 11.4. The second-order valence-electron chi connectivity index (χ2n) is 5.53. The van der Waals surface area contributed by atoms with E-state index in [1.165, 1.54) is 11.1 Å². The number of nitrogens with one attached hydrogen (secondary N) is 1. The maximum atomic E-state index is 5.67. The summed E-state index contributed by atoms with van der Waals surface area (Å²) in [7, 11) is 0. The first kappa shape index (κ1) is 14.5. The van der Waals surface area contributed by atoms with Crippen LogP contribution in [0.25, 0.3) is 0 Å². The molecule has 0 heterocycles. The number of benzene rings is 1. The quantitative estimate of drug-likeness (QED) is 0.599. The number of hydrogen-bond acceptors (Lipinski definition) is 1. The van der Waals surface area contributed by atoms with Gasteiger partial charge in [0.15, 0.2) is 0 Å². The van der Waals surface area contributed by atoms with Crippen molar-refractivity contribution in [1.29, 1.82) is 0 Å². The van der Waals surface area contributed by atoms with Crippen molar-refractivity contribution >= 4 is 11.6 Å². The lowest BCUT2D eigenvalue weighted by molar-refractivity contribution is 0.478. The van der Waals surface area contributed by atoms with E-state index in [-0.39, 0.29) is 5.41 Å². The van der Waals surface area contributed by atoms with Gasteiger partial charge >= 0.3 is 0 Å². The molecule has 0 atom stereocenters. The Labute approximate surface area is 111 Å². The van der Waals surface area contributed by atoms with Gasteiger partial charge < -0.3 is 5.32 Å². The molecule has 0 saturated carbocycles. The van der Waals surface area contributed by atoms with Gasteiger partial charge in [-0.15, -0.1) is 11.6 Å². The van der Waals surface area contributed by atoms with Gasteiger partial charge in [-0.05, 0) is 17.0 Å². The summed E-state index contributed by atoms with van der Waals surface area (Å²) in [5.74, 6) is 1.27. The van der Waals surface area contributed by atoms with Crippen LogP contribution in [0.5, 0.6) is 0 Å². The van der Waals surface area contributed by atoms with Crippen molar-refractivity contribution in [2.75, 3.05) is 19.0 Å². The van der Waals surface area contributed by atoms with Crippen LogP contribution >= 0.6 is 11.6 Å². The molecule has 1 aromatic rings. The van der Waals surface area contributed by atoms with Gasteiger partial charge in [0.1, 0.15) is 0 Å². The Morgan fingerprint density at radius 2 is 1.76 bits per heavy atom. The molecule has 1 nitrogen and oxygen atoms in total. The van der Waals surface area contributed by atoms with E-state index < -0.39 is 0 Å². The van der Waals surface area contributed by atoms with E-state index in [2.05, 4.69) is 57.3 Å². The summed E-state index contributed by atoms with van der Waals surface area (Å²) in [5.41, 5.74) is 2.93. The summed E-state index contributed by atoms with van der Waals surface area (Å²) < 4.78 is 0. The zero-order valence-corrected chi connectivity index (χ0v) is 12.1. The Morgan fingerprint density at radius 1 is 1.18 bits per heavy atom. The van der Waals surface area contributed by atoms with Gasteiger partial charge in [0.25, 0.3) is 0 Å². The van der Waals surface area contributed by atoms with Crippen LogP contribution in [0, 0.1) is 0 Å². The Morgan fingerprint density at radius 3 is 2.24 bits per heavy atom. The Hall–Kier alpha value is -0.530. The summed E-state index contributed by atoms with van der Waals surface area (Å²) in [4.78, 5) is 0.